The second kappa shape index (κ2) is 6.92. The van der Waals surface area contributed by atoms with Gasteiger partial charge in [0.1, 0.15) is 23.8 Å². The highest BCUT2D eigenvalue weighted by Gasteiger charge is 2.44. The minimum absolute atomic E-state index is 0.208. The van der Waals surface area contributed by atoms with Crippen LogP contribution in [-0.2, 0) is 4.74 Å². The number of ether oxygens (including phenoxy) is 1. The summed E-state index contributed by atoms with van der Waals surface area (Å²) in [7, 11) is 0. The van der Waals surface area contributed by atoms with Crippen LogP contribution in [0.4, 0.5) is 11.8 Å². The van der Waals surface area contributed by atoms with Gasteiger partial charge in [0.15, 0.2) is 17.7 Å². The van der Waals surface area contributed by atoms with Crippen LogP contribution in [0.2, 0.25) is 0 Å². The van der Waals surface area contributed by atoms with Gasteiger partial charge in [0.05, 0.1) is 12.9 Å². The largest absolute Gasteiger partial charge is 0.394 e. The molecule has 10 heteroatoms. The van der Waals surface area contributed by atoms with Crippen LogP contribution >= 0.6 is 0 Å². The number of rotatable bonds is 5. The van der Waals surface area contributed by atoms with Gasteiger partial charge in [-0.1, -0.05) is 30.3 Å². The first-order valence-corrected chi connectivity index (χ1v) is 9.51. The zero-order valence-corrected chi connectivity index (χ0v) is 15.5. The predicted octanol–water partition coefficient (Wildman–Crippen LogP) is -0.0120. The zero-order chi connectivity index (χ0) is 20.1. The maximum absolute atomic E-state index is 10.3. The lowest BCUT2D eigenvalue weighted by Crippen LogP contribution is -2.33. The molecule has 6 N–H and O–H groups in total. The molecule has 1 saturated carbocycles. The molecule has 1 aliphatic carbocycles. The first-order valence-electron chi connectivity index (χ1n) is 9.51. The number of nitrogens with zero attached hydrogens (tertiary/aromatic N) is 4. The van der Waals surface area contributed by atoms with Gasteiger partial charge in [0.25, 0.3) is 0 Å². The van der Waals surface area contributed by atoms with Gasteiger partial charge in [0.2, 0.25) is 5.95 Å². The number of anilines is 2. The average molecular weight is 398 g/mol. The number of benzene rings is 1. The molecule has 3 aromatic rings. The van der Waals surface area contributed by atoms with Gasteiger partial charge >= 0.3 is 0 Å². The van der Waals surface area contributed by atoms with Crippen molar-refractivity contribution in [3.05, 3.63) is 42.2 Å². The van der Waals surface area contributed by atoms with E-state index in [1.165, 1.54) is 16.5 Å². The van der Waals surface area contributed by atoms with E-state index >= 15 is 0 Å². The van der Waals surface area contributed by atoms with Crippen molar-refractivity contribution in [3.63, 3.8) is 0 Å². The Balaban J connectivity index is 1.42. The quantitative estimate of drug-likeness (QED) is 0.399. The molecule has 0 spiro atoms. The monoisotopic (exact) mass is 398 g/mol. The Morgan fingerprint density at radius 3 is 2.69 bits per heavy atom. The third kappa shape index (κ3) is 3.10. The SMILES string of the molecule is Nc1nc(NC2CC2c2ccccc2)nc2c1ncn2[C@@H]1O[C@H](CO)[C@@H](O)[C@H]1O. The molecule has 10 nitrogen and oxygen atoms in total. The molecule has 2 unspecified atom stereocenters. The van der Waals surface area contributed by atoms with Crippen molar-refractivity contribution in [2.45, 2.75) is 42.9 Å². The van der Waals surface area contributed by atoms with Crippen molar-refractivity contribution in [2.75, 3.05) is 17.7 Å². The molecule has 1 aromatic carbocycles. The Morgan fingerprint density at radius 1 is 1.17 bits per heavy atom. The van der Waals surface area contributed by atoms with Crippen molar-refractivity contribution in [1.82, 2.24) is 19.5 Å². The highest BCUT2D eigenvalue weighted by Crippen LogP contribution is 2.42. The van der Waals surface area contributed by atoms with E-state index in [0.29, 0.717) is 23.0 Å². The first kappa shape index (κ1) is 18.3. The first-order chi connectivity index (χ1) is 14.1. The maximum atomic E-state index is 10.3. The van der Waals surface area contributed by atoms with Crippen LogP contribution in [-0.4, -0.2) is 65.8 Å². The lowest BCUT2D eigenvalue weighted by atomic mass is 10.1. The second-order valence-electron chi connectivity index (χ2n) is 7.49. The number of nitrogens with one attached hydrogen (secondary N) is 1. The Kier molecular flexibility index (Phi) is 4.36. The number of nitrogens with two attached hydrogens (primary N) is 1. The summed E-state index contributed by atoms with van der Waals surface area (Å²) in [6.45, 7) is -0.409. The topological polar surface area (TPSA) is 152 Å². The fraction of sp³-hybridized carbons (Fsp3) is 0.421. The van der Waals surface area contributed by atoms with Crippen molar-refractivity contribution < 1.29 is 20.1 Å². The fourth-order valence-electron chi connectivity index (χ4n) is 3.89. The minimum Gasteiger partial charge on any atom is -0.394 e. The molecule has 29 heavy (non-hydrogen) atoms. The van der Waals surface area contributed by atoms with Crippen molar-refractivity contribution in [1.29, 1.82) is 0 Å². The third-order valence-electron chi connectivity index (χ3n) is 5.57. The number of hydrogen-bond acceptors (Lipinski definition) is 9. The molecule has 5 rings (SSSR count). The summed E-state index contributed by atoms with van der Waals surface area (Å²) in [5, 5.41) is 33.0. The third-order valence-corrected chi connectivity index (χ3v) is 5.57. The molecule has 2 aromatic heterocycles. The number of aliphatic hydroxyl groups is 3. The number of aromatic nitrogens is 4. The smallest absolute Gasteiger partial charge is 0.227 e. The normalized spacial score (nSPS) is 31.3. The number of aliphatic hydroxyl groups excluding tert-OH is 3. The lowest BCUT2D eigenvalue weighted by Gasteiger charge is -2.17. The maximum Gasteiger partial charge on any atom is 0.227 e. The van der Waals surface area contributed by atoms with E-state index in [0.717, 1.165) is 6.42 Å². The van der Waals surface area contributed by atoms with Crippen LogP contribution in [0, 0.1) is 0 Å². The summed E-state index contributed by atoms with van der Waals surface area (Å²) in [5.74, 6) is 0.967. The van der Waals surface area contributed by atoms with Crippen LogP contribution in [0.5, 0.6) is 0 Å². The fourth-order valence-corrected chi connectivity index (χ4v) is 3.89. The summed E-state index contributed by atoms with van der Waals surface area (Å²) in [4.78, 5) is 13.0. The van der Waals surface area contributed by atoms with Crippen molar-refractivity contribution in [3.8, 4) is 0 Å². The van der Waals surface area contributed by atoms with E-state index in [1.54, 1.807) is 0 Å². The Bertz CT molecular complexity index is 1030. The van der Waals surface area contributed by atoms with Crippen molar-refractivity contribution in [2.24, 2.45) is 0 Å². The molecule has 0 bridgehead atoms. The Morgan fingerprint density at radius 2 is 1.97 bits per heavy atom. The summed E-state index contributed by atoms with van der Waals surface area (Å²) < 4.78 is 7.09. The highest BCUT2D eigenvalue weighted by atomic mass is 16.6. The van der Waals surface area contributed by atoms with Crippen LogP contribution < -0.4 is 11.1 Å². The predicted molar refractivity (Wildman–Crippen MR) is 104 cm³/mol. The molecular formula is C19H22N6O4. The van der Waals surface area contributed by atoms with Crippen molar-refractivity contribution >= 4 is 22.9 Å². The standard InChI is InChI=1S/C19H22N6O4/c20-16-13-17(25(8-21-13)18-15(28)14(27)12(7-26)29-18)24-19(23-16)22-11-6-10(11)9-4-2-1-3-5-9/h1-5,8,10-12,14-15,18,26-28H,6-7H2,(H3,20,22,23,24)/t10?,11?,12-,14-,15-,18-/m1/s1. The lowest BCUT2D eigenvalue weighted by molar-refractivity contribution is -0.0511. The average Bonchev–Trinajstić information content (AvgIpc) is 3.27. The molecule has 2 fully saturated rings. The van der Waals surface area contributed by atoms with E-state index in [2.05, 4.69) is 32.4 Å². The van der Waals surface area contributed by atoms with Crippen LogP contribution in [0.25, 0.3) is 11.2 Å². The summed E-state index contributed by atoms with van der Waals surface area (Å²) in [5.41, 5.74) is 8.09. The van der Waals surface area contributed by atoms with Gasteiger partial charge in [-0.05, 0) is 12.0 Å². The van der Waals surface area contributed by atoms with Gasteiger partial charge in [-0.2, -0.15) is 9.97 Å². The molecule has 3 heterocycles. The van der Waals surface area contributed by atoms with E-state index in [-0.39, 0.29) is 11.9 Å². The molecule has 1 saturated heterocycles. The highest BCUT2D eigenvalue weighted by molar-refractivity contribution is 5.83. The summed E-state index contributed by atoms with van der Waals surface area (Å²) in [6, 6.07) is 10.4. The van der Waals surface area contributed by atoms with Crippen LogP contribution in [0.3, 0.4) is 0 Å². The van der Waals surface area contributed by atoms with E-state index < -0.39 is 31.1 Å². The number of nitrogen functional groups attached to an aromatic ring is 1. The Labute approximate surface area is 166 Å². The van der Waals surface area contributed by atoms with Gasteiger partial charge in [-0.15, -0.1) is 0 Å². The molecule has 2 aliphatic rings. The molecule has 6 atom stereocenters. The summed E-state index contributed by atoms with van der Waals surface area (Å²) in [6.07, 6.45) is -1.86. The number of imidazole rings is 1. The molecular weight excluding hydrogens is 376 g/mol. The summed E-state index contributed by atoms with van der Waals surface area (Å²) >= 11 is 0. The van der Waals surface area contributed by atoms with E-state index in [9.17, 15) is 15.3 Å². The van der Waals surface area contributed by atoms with E-state index in [4.69, 9.17) is 10.5 Å². The van der Waals surface area contributed by atoms with Gasteiger partial charge in [0, 0.05) is 12.0 Å². The van der Waals surface area contributed by atoms with Crippen LogP contribution in [0.1, 0.15) is 24.1 Å². The zero-order valence-electron chi connectivity index (χ0n) is 15.5. The van der Waals surface area contributed by atoms with Gasteiger partial charge in [-0.3, -0.25) is 4.57 Å². The number of hydrogen-bond donors (Lipinski definition) is 5. The molecule has 152 valence electrons. The Hall–Kier alpha value is -2.79. The molecule has 1 aliphatic heterocycles. The van der Waals surface area contributed by atoms with Gasteiger partial charge < -0.3 is 31.1 Å². The molecule has 0 radical (unpaired) electrons. The molecule has 0 amide bonds. The second-order valence-corrected chi connectivity index (χ2v) is 7.49. The minimum atomic E-state index is -1.23. The van der Waals surface area contributed by atoms with Gasteiger partial charge in [-0.25, -0.2) is 4.98 Å². The van der Waals surface area contributed by atoms with E-state index in [1.807, 2.05) is 18.2 Å². The van der Waals surface area contributed by atoms with Crippen LogP contribution in [0.15, 0.2) is 36.7 Å². The number of fused-ring (bicyclic) bond motifs is 1.